The summed E-state index contributed by atoms with van der Waals surface area (Å²) < 4.78 is 27.1. The van der Waals surface area contributed by atoms with Crippen molar-refractivity contribution in [2.24, 2.45) is 0 Å². The Morgan fingerprint density at radius 2 is 1.43 bits per heavy atom. The fraction of sp³-hybridized carbons (Fsp3) is 0.333. The fourth-order valence-corrected chi connectivity index (χ4v) is 2.77. The first-order valence-electron chi connectivity index (χ1n) is 7.00. The Balaban J connectivity index is 2.35. The van der Waals surface area contributed by atoms with Crippen LogP contribution in [0.5, 0.6) is 0 Å². The molecule has 0 spiro atoms. The van der Waals surface area contributed by atoms with Crippen molar-refractivity contribution in [3.05, 3.63) is 69.3 Å². The van der Waals surface area contributed by atoms with E-state index < -0.39 is 17.7 Å². The molecule has 3 heteroatoms. The lowest BCUT2D eigenvalue weighted by atomic mass is 9.92. The minimum atomic E-state index is -0.982. The van der Waals surface area contributed by atoms with Crippen LogP contribution in [0.1, 0.15) is 39.5 Å². The van der Waals surface area contributed by atoms with E-state index in [1.807, 2.05) is 32.9 Å². The van der Waals surface area contributed by atoms with Crippen LogP contribution < -0.4 is 0 Å². The van der Waals surface area contributed by atoms with Gasteiger partial charge < -0.3 is 5.11 Å². The SMILES string of the molecule is Cc1cc(C)c(CC(O)c2cc(C)c(F)cc2F)c(C)c1. The first-order chi connectivity index (χ1) is 9.79. The van der Waals surface area contributed by atoms with E-state index in [1.54, 1.807) is 6.92 Å². The molecule has 0 saturated carbocycles. The number of aliphatic hydroxyl groups is 1. The topological polar surface area (TPSA) is 20.2 Å². The van der Waals surface area contributed by atoms with Crippen LogP contribution in [0.15, 0.2) is 24.3 Å². The number of aliphatic hydroxyl groups excluding tert-OH is 1. The second-order valence-corrected chi connectivity index (χ2v) is 5.72. The third-order valence-electron chi connectivity index (χ3n) is 3.87. The molecule has 0 amide bonds. The fourth-order valence-electron chi connectivity index (χ4n) is 2.77. The van der Waals surface area contributed by atoms with Crippen LogP contribution in [0.2, 0.25) is 0 Å². The first-order valence-corrected chi connectivity index (χ1v) is 7.00. The second-order valence-electron chi connectivity index (χ2n) is 5.72. The minimum absolute atomic E-state index is 0.147. The molecule has 0 saturated heterocycles. The maximum atomic E-state index is 13.8. The van der Waals surface area contributed by atoms with E-state index in [2.05, 4.69) is 0 Å². The van der Waals surface area contributed by atoms with Crippen molar-refractivity contribution in [2.45, 2.75) is 40.2 Å². The molecule has 1 atom stereocenters. The van der Waals surface area contributed by atoms with E-state index >= 15 is 0 Å². The van der Waals surface area contributed by atoms with Gasteiger partial charge in [0.05, 0.1) is 6.10 Å². The molecule has 112 valence electrons. The molecule has 2 aromatic rings. The molecule has 1 N–H and O–H groups in total. The third kappa shape index (κ3) is 3.30. The van der Waals surface area contributed by atoms with Gasteiger partial charge in [0.15, 0.2) is 0 Å². The molecule has 0 bridgehead atoms. The van der Waals surface area contributed by atoms with Gasteiger partial charge in [0.1, 0.15) is 11.6 Å². The summed E-state index contributed by atoms with van der Waals surface area (Å²) >= 11 is 0. The average Bonchev–Trinajstić information content (AvgIpc) is 2.37. The van der Waals surface area contributed by atoms with Crippen LogP contribution in [-0.4, -0.2) is 5.11 Å². The van der Waals surface area contributed by atoms with Gasteiger partial charge in [-0.2, -0.15) is 0 Å². The zero-order valence-corrected chi connectivity index (χ0v) is 12.8. The number of hydrogen-bond acceptors (Lipinski definition) is 1. The van der Waals surface area contributed by atoms with E-state index in [0.717, 1.165) is 28.3 Å². The lowest BCUT2D eigenvalue weighted by Gasteiger charge is -2.17. The first kappa shape index (κ1) is 15.6. The lowest BCUT2D eigenvalue weighted by Crippen LogP contribution is -2.08. The molecular formula is C18H20F2O. The molecule has 0 heterocycles. The Morgan fingerprint density at radius 3 is 2.00 bits per heavy atom. The summed E-state index contributed by atoms with van der Waals surface area (Å²) in [7, 11) is 0. The van der Waals surface area contributed by atoms with Gasteiger partial charge in [0.2, 0.25) is 0 Å². The highest BCUT2D eigenvalue weighted by Crippen LogP contribution is 2.27. The zero-order chi connectivity index (χ0) is 15.7. The Labute approximate surface area is 124 Å². The van der Waals surface area contributed by atoms with E-state index in [1.165, 1.54) is 6.07 Å². The molecule has 0 aliphatic rings. The summed E-state index contributed by atoms with van der Waals surface area (Å²) in [6, 6.07) is 6.31. The van der Waals surface area contributed by atoms with Crippen molar-refractivity contribution >= 4 is 0 Å². The van der Waals surface area contributed by atoms with Gasteiger partial charge in [-0.05, 0) is 56.0 Å². The van der Waals surface area contributed by atoms with Crippen LogP contribution in [-0.2, 0) is 6.42 Å². The van der Waals surface area contributed by atoms with Crippen molar-refractivity contribution in [3.8, 4) is 0 Å². The lowest BCUT2D eigenvalue weighted by molar-refractivity contribution is 0.173. The van der Waals surface area contributed by atoms with Gasteiger partial charge in [-0.1, -0.05) is 17.7 Å². The van der Waals surface area contributed by atoms with Crippen LogP contribution in [0, 0.1) is 39.3 Å². The molecule has 0 aliphatic carbocycles. The average molecular weight is 290 g/mol. The maximum Gasteiger partial charge on any atom is 0.131 e. The summed E-state index contributed by atoms with van der Waals surface area (Å²) in [4.78, 5) is 0. The van der Waals surface area contributed by atoms with Crippen LogP contribution >= 0.6 is 0 Å². The van der Waals surface area contributed by atoms with Gasteiger partial charge in [-0.15, -0.1) is 0 Å². The molecule has 2 rings (SSSR count). The van der Waals surface area contributed by atoms with Crippen LogP contribution in [0.3, 0.4) is 0 Å². The maximum absolute atomic E-state index is 13.8. The summed E-state index contributed by atoms with van der Waals surface area (Å²) in [5, 5.41) is 10.3. The van der Waals surface area contributed by atoms with E-state index in [4.69, 9.17) is 0 Å². The van der Waals surface area contributed by atoms with E-state index in [0.29, 0.717) is 12.0 Å². The highest BCUT2D eigenvalue weighted by molar-refractivity contribution is 5.39. The van der Waals surface area contributed by atoms with Crippen LogP contribution in [0.25, 0.3) is 0 Å². The largest absolute Gasteiger partial charge is 0.388 e. The molecule has 0 aromatic heterocycles. The smallest absolute Gasteiger partial charge is 0.131 e. The second kappa shape index (κ2) is 5.94. The molecule has 1 nitrogen and oxygen atoms in total. The number of rotatable bonds is 3. The van der Waals surface area contributed by atoms with Gasteiger partial charge in [0, 0.05) is 18.1 Å². The summed E-state index contributed by atoms with van der Waals surface area (Å²) in [6.45, 7) is 7.54. The van der Waals surface area contributed by atoms with Crippen LogP contribution in [0.4, 0.5) is 8.78 Å². The van der Waals surface area contributed by atoms with E-state index in [-0.39, 0.29) is 5.56 Å². The molecule has 1 unspecified atom stereocenters. The number of halogens is 2. The summed E-state index contributed by atoms with van der Waals surface area (Å²) in [5.41, 5.74) is 4.80. The number of hydrogen-bond donors (Lipinski definition) is 1. The standard InChI is InChI=1S/C18H20F2O/c1-10-5-11(2)14(12(3)6-10)8-18(21)15-7-13(4)16(19)9-17(15)20/h5-7,9,18,21H,8H2,1-4H3. The minimum Gasteiger partial charge on any atom is -0.388 e. The predicted molar refractivity (Wildman–Crippen MR) is 80.4 cm³/mol. The zero-order valence-electron chi connectivity index (χ0n) is 12.8. The van der Waals surface area contributed by atoms with Crippen molar-refractivity contribution in [2.75, 3.05) is 0 Å². The normalized spacial score (nSPS) is 12.5. The predicted octanol–water partition coefficient (Wildman–Crippen LogP) is 4.47. The highest BCUT2D eigenvalue weighted by Gasteiger charge is 2.17. The van der Waals surface area contributed by atoms with Gasteiger partial charge in [0.25, 0.3) is 0 Å². The molecule has 0 aliphatic heterocycles. The summed E-state index contributed by atoms with van der Waals surface area (Å²) in [5.74, 6) is -1.29. The van der Waals surface area contributed by atoms with Gasteiger partial charge in [-0.3, -0.25) is 0 Å². The molecular weight excluding hydrogens is 270 g/mol. The summed E-state index contributed by atoms with van der Waals surface area (Å²) in [6.07, 6.45) is -0.663. The van der Waals surface area contributed by atoms with Crippen molar-refractivity contribution < 1.29 is 13.9 Å². The Bertz CT molecular complexity index is 654. The van der Waals surface area contributed by atoms with Gasteiger partial charge >= 0.3 is 0 Å². The third-order valence-corrected chi connectivity index (χ3v) is 3.87. The van der Waals surface area contributed by atoms with Crippen molar-refractivity contribution in [1.29, 1.82) is 0 Å². The Kier molecular flexibility index (Phi) is 4.43. The van der Waals surface area contributed by atoms with Crippen molar-refractivity contribution in [3.63, 3.8) is 0 Å². The highest BCUT2D eigenvalue weighted by atomic mass is 19.1. The molecule has 2 aromatic carbocycles. The van der Waals surface area contributed by atoms with E-state index in [9.17, 15) is 13.9 Å². The van der Waals surface area contributed by atoms with Gasteiger partial charge in [-0.25, -0.2) is 8.78 Å². The molecule has 0 radical (unpaired) electrons. The number of aryl methyl sites for hydroxylation is 4. The molecule has 21 heavy (non-hydrogen) atoms. The number of benzene rings is 2. The Morgan fingerprint density at radius 1 is 0.857 bits per heavy atom. The molecule has 0 fully saturated rings. The Hall–Kier alpha value is -1.74. The monoisotopic (exact) mass is 290 g/mol. The quantitative estimate of drug-likeness (QED) is 0.884. The van der Waals surface area contributed by atoms with Crippen molar-refractivity contribution in [1.82, 2.24) is 0 Å².